The van der Waals surface area contributed by atoms with Crippen molar-refractivity contribution in [2.45, 2.75) is 6.92 Å². The Hall–Kier alpha value is 0.0900. The van der Waals surface area contributed by atoms with Crippen molar-refractivity contribution in [2.75, 3.05) is 11.5 Å². The molecule has 0 amide bonds. The summed E-state index contributed by atoms with van der Waals surface area (Å²) >= 11 is 1.81. The highest BCUT2D eigenvalue weighted by molar-refractivity contribution is 7.99. The van der Waals surface area contributed by atoms with Crippen LogP contribution in [-0.2, 0) is 0 Å². The number of thioether (sulfide) groups is 1. The van der Waals surface area contributed by atoms with Crippen LogP contribution in [0.3, 0.4) is 0 Å². The molecular weight excluding hydrogens is 104 g/mol. The van der Waals surface area contributed by atoms with E-state index < -0.39 is 0 Å². The summed E-state index contributed by atoms with van der Waals surface area (Å²) in [4.78, 5) is 0. The second-order valence-corrected chi connectivity index (χ2v) is 2.61. The molecule has 0 atom stereocenters. The molecule has 0 rings (SSSR count). The third kappa shape index (κ3) is 6.09. The van der Waals surface area contributed by atoms with Gasteiger partial charge < -0.3 is 0 Å². The number of rotatable bonds is 3. The summed E-state index contributed by atoms with van der Waals surface area (Å²) < 4.78 is 0. The Balaban J connectivity index is 2.82. The van der Waals surface area contributed by atoms with Crippen molar-refractivity contribution in [2.24, 2.45) is 0 Å². The fourth-order valence-electron chi connectivity index (χ4n) is 0.246. The first-order chi connectivity index (χ1) is 3.27. The number of hydrogen-bond donors (Lipinski definition) is 0. The van der Waals surface area contributed by atoms with E-state index in [1.54, 1.807) is 11.8 Å². The van der Waals surface area contributed by atoms with Gasteiger partial charge in [-0.3, -0.25) is 0 Å². The lowest BCUT2D eigenvalue weighted by molar-refractivity contribution is 1.44. The highest BCUT2D eigenvalue weighted by Crippen LogP contribution is 2.02. The molecule has 0 N–H and O–H groups in total. The molecule has 0 saturated carbocycles. The predicted molar refractivity (Wildman–Crippen MR) is 37.5 cm³/mol. The van der Waals surface area contributed by atoms with Crippen LogP contribution in [0, 0.1) is 6.92 Å². The van der Waals surface area contributed by atoms with Gasteiger partial charge in [-0.05, 0) is 19.6 Å². The highest BCUT2D eigenvalue weighted by Gasteiger charge is 1.81. The first-order valence-electron chi connectivity index (χ1n) is 2.28. The van der Waals surface area contributed by atoms with Crippen LogP contribution in [0.4, 0.5) is 0 Å². The van der Waals surface area contributed by atoms with Crippen LogP contribution in [0.5, 0.6) is 0 Å². The summed E-state index contributed by atoms with van der Waals surface area (Å²) in [5.74, 6) is 2.01. The lowest BCUT2D eigenvalue weighted by Gasteiger charge is -1.92. The van der Waals surface area contributed by atoms with Gasteiger partial charge >= 0.3 is 0 Å². The van der Waals surface area contributed by atoms with Crippen LogP contribution in [-0.4, -0.2) is 11.5 Å². The van der Waals surface area contributed by atoms with Gasteiger partial charge in [0.15, 0.2) is 0 Å². The zero-order valence-electron chi connectivity index (χ0n) is 4.74. The summed E-state index contributed by atoms with van der Waals surface area (Å²) in [6.07, 6.45) is 0. The standard InChI is InChI=1S/C6H11S/c1-4-7-5-6(2)3/h1-2,4-5H2,3H3. The average Bonchev–Trinajstić information content (AvgIpc) is 1.61. The molecule has 7 heavy (non-hydrogen) atoms. The molecule has 0 aromatic carbocycles. The topological polar surface area (TPSA) is 0 Å². The molecule has 41 valence electrons. The Morgan fingerprint density at radius 2 is 2.29 bits per heavy atom. The predicted octanol–water partition coefficient (Wildman–Crippen LogP) is 2.13. The van der Waals surface area contributed by atoms with Crippen molar-refractivity contribution in [3.05, 3.63) is 19.1 Å². The molecule has 0 fully saturated rings. The van der Waals surface area contributed by atoms with Gasteiger partial charge in [0.2, 0.25) is 0 Å². The SMILES string of the molecule is [CH2]CSCC(=C)C. The van der Waals surface area contributed by atoms with Crippen molar-refractivity contribution in [1.82, 2.24) is 0 Å². The van der Waals surface area contributed by atoms with Gasteiger partial charge in [-0.1, -0.05) is 12.2 Å². The van der Waals surface area contributed by atoms with Gasteiger partial charge in [-0.2, -0.15) is 11.8 Å². The van der Waals surface area contributed by atoms with E-state index in [1.165, 1.54) is 5.57 Å². The Labute approximate surface area is 50.0 Å². The molecule has 0 aliphatic heterocycles. The molecule has 0 nitrogen and oxygen atoms in total. The van der Waals surface area contributed by atoms with Crippen LogP contribution < -0.4 is 0 Å². The molecule has 0 spiro atoms. The maximum absolute atomic E-state index is 3.74. The van der Waals surface area contributed by atoms with Crippen molar-refractivity contribution in [3.63, 3.8) is 0 Å². The molecule has 0 heterocycles. The molecule has 0 unspecified atom stereocenters. The Bertz CT molecular complexity index is 57.2. The normalized spacial score (nSPS) is 8.86. The van der Waals surface area contributed by atoms with Crippen LogP contribution in [0.1, 0.15) is 6.92 Å². The molecule has 0 aliphatic carbocycles. The molecule has 0 aromatic rings. The fourth-order valence-corrected chi connectivity index (χ4v) is 0.739. The smallest absolute Gasteiger partial charge is 0.0137 e. The lowest BCUT2D eigenvalue weighted by Crippen LogP contribution is -1.77. The van der Waals surface area contributed by atoms with Crippen molar-refractivity contribution < 1.29 is 0 Å². The molecular formula is C6H11S. The van der Waals surface area contributed by atoms with E-state index in [0.29, 0.717) is 0 Å². The summed E-state index contributed by atoms with van der Waals surface area (Å²) in [5, 5.41) is 0. The maximum Gasteiger partial charge on any atom is 0.0137 e. The van der Waals surface area contributed by atoms with Crippen LogP contribution in [0.25, 0.3) is 0 Å². The van der Waals surface area contributed by atoms with E-state index in [4.69, 9.17) is 0 Å². The molecule has 1 heteroatoms. The zero-order valence-corrected chi connectivity index (χ0v) is 5.55. The minimum absolute atomic E-state index is 0.951. The second kappa shape index (κ2) is 4.25. The largest absolute Gasteiger partial charge is 0.158 e. The van der Waals surface area contributed by atoms with E-state index in [0.717, 1.165) is 11.5 Å². The van der Waals surface area contributed by atoms with Gasteiger partial charge in [0.25, 0.3) is 0 Å². The molecule has 1 radical (unpaired) electrons. The van der Waals surface area contributed by atoms with Gasteiger partial charge in [0, 0.05) is 5.75 Å². The van der Waals surface area contributed by atoms with Crippen LogP contribution >= 0.6 is 11.8 Å². The quantitative estimate of drug-likeness (QED) is 0.508. The summed E-state index contributed by atoms with van der Waals surface area (Å²) in [7, 11) is 0. The van der Waals surface area contributed by atoms with E-state index in [9.17, 15) is 0 Å². The molecule has 0 aliphatic rings. The van der Waals surface area contributed by atoms with Gasteiger partial charge in [-0.25, -0.2) is 0 Å². The lowest BCUT2D eigenvalue weighted by atomic mass is 10.4. The van der Waals surface area contributed by atoms with E-state index in [-0.39, 0.29) is 0 Å². The van der Waals surface area contributed by atoms with Crippen LogP contribution in [0.15, 0.2) is 12.2 Å². The van der Waals surface area contributed by atoms with E-state index in [1.807, 2.05) is 6.92 Å². The summed E-state index contributed by atoms with van der Waals surface area (Å²) in [6.45, 7) is 9.45. The van der Waals surface area contributed by atoms with Gasteiger partial charge in [0.05, 0.1) is 0 Å². The van der Waals surface area contributed by atoms with Crippen molar-refractivity contribution in [3.8, 4) is 0 Å². The molecule has 0 bridgehead atoms. The van der Waals surface area contributed by atoms with E-state index >= 15 is 0 Å². The molecule has 0 saturated heterocycles. The highest BCUT2D eigenvalue weighted by atomic mass is 32.2. The van der Waals surface area contributed by atoms with Crippen molar-refractivity contribution >= 4 is 11.8 Å². The maximum atomic E-state index is 3.74. The summed E-state index contributed by atoms with van der Waals surface area (Å²) in [6, 6.07) is 0. The van der Waals surface area contributed by atoms with Crippen LogP contribution in [0.2, 0.25) is 0 Å². The second-order valence-electron chi connectivity index (χ2n) is 1.51. The Kier molecular flexibility index (Phi) is 4.31. The fraction of sp³-hybridized carbons (Fsp3) is 0.500. The molecule has 0 aromatic heterocycles. The third-order valence-corrected chi connectivity index (χ3v) is 1.48. The Morgan fingerprint density at radius 3 is 2.43 bits per heavy atom. The van der Waals surface area contributed by atoms with Gasteiger partial charge in [-0.15, -0.1) is 0 Å². The monoisotopic (exact) mass is 115 g/mol. The van der Waals surface area contributed by atoms with E-state index in [2.05, 4.69) is 13.5 Å². The van der Waals surface area contributed by atoms with Crippen molar-refractivity contribution in [1.29, 1.82) is 0 Å². The minimum Gasteiger partial charge on any atom is -0.158 e. The first kappa shape index (κ1) is 7.09. The Morgan fingerprint density at radius 1 is 1.71 bits per heavy atom. The average molecular weight is 115 g/mol. The van der Waals surface area contributed by atoms with Gasteiger partial charge in [0.1, 0.15) is 0 Å². The number of hydrogen-bond acceptors (Lipinski definition) is 1. The zero-order chi connectivity index (χ0) is 5.70. The first-order valence-corrected chi connectivity index (χ1v) is 3.44. The third-order valence-electron chi connectivity index (χ3n) is 0.493. The minimum atomic E-state index is 0.951. The summed E-state index contributed by atoms with van der Waals surface area (Å²) in [5.41, 5.74) is 1.23.